The van der Waals surface area contributed by atoms with Gasteiger partial charge in [-0.3, -0.25) is 9.59 Å². The highest BCUT2D eigenvalue weighted by Crippen LogP contribution is 2.19. The van der Waals surface area contributed by atoms with Crippen molar-refractivity contribution in [3.05, 3.63) is 0 Å². The Morgan fingerprint density at radius 2 is 1.47 bits per heavy atom. The van der Waals surface area contributed by atoms with Gasteiger partial charge in [0.25, 0.3) is 0 Å². The zero-order chi connectivity index (χ0) is 12.3. The molecule has 0 rings (SSSR count). The van der Waals surface area contributed by atoms with E-state index in [2.05, 4.69) is 5.32 Å². The minimum Gasteiger partial charge on any atom is -0.351 e. The van der Waals surface area contributed by atoms with E-state index in [0.717, 1.165) is 0 Å². The molecule has 0 unspecified atom stereocenters. The first-order valence-corrected chi connectivity index (χ1v) is 5.32. The lowest BCUT2D eigenvalue weighted by atomic mass is 9.90. The first-order valence-electron chi connectivity index (χ1n) is 5.32. The summed E-state index contributed by atoms with van der Waals surface area (Å²) in [4.78, 5) is 22.6. The minimum absolute atomic E-state index is 0.00810. The third kappa shape index (κ3) is 8.16. The normalized spacial score (nSPS) is 12.4. The van der Waals surface area contributed by atoms with Crippen molar-refractivity contribution in [2.75, 3.05) is 0 Å². The van der Waals surface area contributed by atoms with Crippen molar-refractivity contribution in [3.8, 4) is 0 Å². The molecule has 0 aliphatic rings. The van der Waals surface area contributed by atoms with Gasteiger partial charge in [-0.1, -0.05) is 20.8 Å². The lowest BCUT2D eigenvalue weighted by Crippen LogP contribution is -2.45. The number of amides is 1. The number of nitrogens with one attached hydrogen (secondary N) is 1. The molecule has 3 heteroatoms. The summed E-state index contributed by atoms with van der Waals surface area (Å²) >= 11 is 0. The largest absolute Gasteiger partial charge is 0.351 e. The predicted molar refractivity (Wildman–Crippen MR) is 61.6 cm³/mol. The maximum Gasteiger partial charge on any atom is 0.220 e. The van der Waals surface area contributed by atoms with Gasteiger partial charge in [-0.25, -0.2) is 0 Å². The fourth-order valence-corrected chi connectivity index (χ4v) is 1.57. The molecule has 0 aliphatic carbocycles. The van der Waals surface area contributed by atoms with Crippen LogP contribution in [0.3, 0.4) is 0 Å². The quantitative estimate of drug-likeness (QED) is 0.779. The van der Waals surface area contributed by atoms with Gasteiger partial charge in [-0.05, 0) is 26.2 Å². The molecule has 0 radical (unpaired) electrons. The monoisotopic (exact) mass is 213 g/mol. The molecule has 0 saturated heterocycles. The van der Waals surface area contributed by atoms with Gasteiger partial charge in [0.15, 0.2) is 0 Å². The number of ketones is 1. The van der Waals surface area contributed by atoms with Crippen LogP contribution < -0.4 is 5.32 Å². The van der Waals surface area contributed by atoms with Gasteiger partial charge in [-0.2, -0.15) is 0 Å². The number of carbonyl (C=O) groups is 2. The molecule has 15 heavy (non-hydrogen) atoms. The third-order valence-corrected chi connectivity index (χ3v) is 1.86. The molecule has 0 heterocycles. The zero-order valence-corrected chi connectivity index (χ0v) is 10.7. The van der Waals surface area contributed by atoms with Gasteiger partial charge in [0, 0.05) is 18.4 Å². The van der Waals surface area contributed by atoms with E-state index in [1.54, 1.807) is 0 Å². The average molecular weight is 213 g/mol. The summed E-state index contributed by atoms with van der Waals surface area (Å²) in [6, 6.07) is 0. The maximum atomic E-state index is 11.6. The maximum absolute atomic E-state index is 11.6. The van der Waals surface area contributed by atoms with Crippen LogP contribution in [0.1, 0.15) is 54.4 Å². The van der Waals surface area contributed by atoms with Crippen molar-refractivity contribution >= 4 is 11.7 Å². The molecule has 88 valence electrons. The van der Waals surface area contributed by atoms with E-state index in [1.165, 1.54) is 6.92 Å². The lowest BCUT2D eigenvalue weighted by Gasteiger charge is -2.27. The van der Waals surface area contributed by atoms with Crippen molar-refractivity contribution in [1.82, 2.24) is 5.32 Å². The van der Waals surface area contributed by atoms with Crippen LogP contribution in [0.4, 0.5) is 0 Å². The molecule has 0 aliphatic heterocycles. The standard InChI is InChI=1S/C12H23NO2/c1-9(14)7-12(5,6)13-10(15)8-11(2,3)4/h7-8H2,1-6H3,(H,13,15). The van der Waals surface area contributed by atoms with E-state index in [9.17, 15) is 9.59 Å². The van der Waals surface area contributed by atoms with Gasteiger partial charge >= 0.3 is 0 Å². The predicted octanol–water partition coefficient (Wildman–Crippen LogP) is 2.30. The molecular weight excluding hydrogens is 190 g/mol. The van der Waals surface area contributed by atoms with Crippen LogP contribution in [0.2, 0.25) is 0 Å². The Balaban J connectivity index is 4.22. The lowest BCUT2D eigenvalue weighted by molar-refractivity contribution is -0.125. The van der Waals surface area contributed by atoms with Crippen molar-refractivity contribution < 1.29 is 9.59 Å². The molecule has 0 aromatic heterocycles. The van der Waals surface area contributed by atoms with Gasteiger partial charge in [-0.15, -0.1) is 0 Å². The van der Waals surface area contributed by atoms with Crippen molar-refractivity contribution in [2.24, 2.45) is 5.41 Å². The fraction of sp³-hybridized carbons (Fsp3) is 0.833. The molecule has 0 fully saturated rings. The first kappa shape index (κ1) is 14.1. The number of hydrogen-bond donors (Lipinski definition) is 1. The van der Waals surface area contributed by atoms with E-state index >= 15 is 0 Å². The first-order chi connectivity index (χ1) is 6.52. The summed E-state index contributed by atoms with van der Waals surface area (Å²) in [6.45, 7) is 11.3. The minimum atomic E-state index is -0.436. The Kier molecular flexibility index (Phi) is 4.50. The Hall–Kier alpha value is -0.860. The summed E-state index contributed by atoms with van der Waals surface area (Å²) in [6.07, 6.45) is 0.858. The van der Waals surface area contributed by atoms with Crippen LogP contribution in [-0.2, 0) is 9.59 Å². The molecule has 0 atom stereocenters. The number of hydrogen-bond acceptors (Lipinski definition) is 2. The second-order valence-electron chi connectivity index (χ2n) is 6.05. The average Bonchev–Trinajstić information content (AvgIpc) is 1.73. The summed E-state index contributed by atoms with van der Waals surface area (Å²) in [5, 5.41) is 2.88. The molecular formula is C12H23NO2. The van der Waals surface area contributed by atoms with Gasteiger partial charge < -0.3 is 5.32 Å². The Labute approximate surface area is 92.6 Å². The third-order valence-electron chi connectivity index (χ3n) is 1.86. The molecule has 0 aromatic rings. The molecule has 0 saturated carbocycles. The van der Waals surface area contributed by atoms with Gasteiger partial charge in [0.05, 0.1) is 0 Å². The van der Waals surface area contributed by atoms with Gasteiger partial charge in [0.1, 0.15) is 5.78 Å². The van der Waals surface area contributed by atoms with Crippen molar-refractivity contribution in [1.29, 1.82) is 0 Å². The molecule has 0 aromatic carbocycles. The topological polar surface area (TPSA) is 46.2 Å². The van der Waals surface area contributed by atoms with E-state index < -0.39 is 5.54 Å². The van der Waals surface area contributed by atoms with Crippen LogP contribution in [0, 0.1) is 5.41 Å². The molecule has 1 N–H and O–H groups in total. The molecule has 3 nitrogen and oxygen atoms in total. The summed E-state index contributed by atoms with van der Waals surface area (Å²) in [5.41, 5.74) is -0.454. The number of carbonyl (C=O) groups excluding carboxylic acids is 2. The summed E-state index contributed by atoms with van der Waals surface area (Å²) < 4.78 is 0. The number of rotatable bonds is 4. The fourth-order valence-electron chi connectivity index (χ4n) is 1.57. The van der Waals surface area contributed by atoms with Gasteiger partial charge in [0.2, 0.25) is 5.91 Å². The zero-order valence-electron chi connectivity index (χ0n) is 10.7. The Morgan fingerprint density at radius 3 is 1.80 bits per heavy atom. The highest BCUT2D eigenvalue weighted by Gasteiger charge is 2.24. The van der Waals surface area contributed by atoms with E-state index in [1.807, 2.05) is 34.6 Å². The highest BCUT2D eigenvalue weighted by molar-refractivity contribution is 5.80. The van der Waals surface area contributed by atoms with Crippen molar-refractivity contribution in [3.63, 3.8) is 0 Å². The molecule has 0 spiro atoms. The van der Waals surface area contributed by atoms with Crippen LogP contribution >= 0.6 is 0 Å². The second-order valence-corrected chi connectivity index (χ2v) is 6.05. The van der Waals surface area contributed by atoms with E-state index in [0.29, 0.717) is 12.8 Å². The molecule has 0 bridgehead atoms. The summed E-state index contributed by atoms with van der Waals surface area (Å²) in [7, 11) is 0. The Morgan fingerprint density at radius 1 is 1.00 bits per heavy atom. The van der Waals surface area contributed by atoms with Crippen LogP contribution in [-0.4, -0.2) is 17.2 Å². The van der Waals surface area contributed by atoms with E-state index in [-0.39, 0.29) is 17.1 Å². The SMILES string of the molecule is CC(=O)CC(C)(C)NC(=O)CC(C)(C)C. The van der Waals surface area contributed by atoms with Crippen molar-refractivity contribution in [2.45, 2.75) is 59.9 Å². The smallest absolute Gasteiger partial charge is 0.220 e. The van der Waals surface area contributed by atoms with Crippen LogP contribution in [0.25, 0.3) is 0 Å². The molecule has 1 amide bonds. The highest BCUT2D eigenvalue weighted by atomic mass is 16.2. The second kappa shape index (κ2) is 4.77. The van der Waals surface area contributed by atoms with Crippen LogP contribution in [0.5, 0.6) is 0 Å². The number of Topliss-reactive ketones (excluding diaryl/α,β-unsaturated/α-hetero) is 1. The van der Waals surface area contributed by atoms with E-state index in [4.69, 9.17) is 0 Å². The Bertz CT molecular complexity index is 249. The summed E-state index contributed by atoms with van der Waals surface area (Å²) in [5.74, 6) is 0.102. The van der Waals surface area contributed by atoms with Crippen LogP contribution in [0.15, 0.2) is 0 Å².